The van der Waals surface area contributed by atoms with Crippen LogP contribution in [0.4, 0.5) is 0 Å². The van der Waals surface area contributed by atoms with E-state index in [9.17, 15) is 10.2 Å². The van der Waals surface area contributed by atoms with E-state index in [1.54, 1.807) is 12.1 Å². The Labute approximate surface area is 243 Å². The second kappa shape index (κ2) is 9.50. The summed E-state index contributed by atoms with van der Waals surface area (Å²) >= 11 is 0. The molecule has 0 spiro atoms. The van der Waals surface area contributed by atoms with Gasteiger partial charge in [0.05, 0.1) is 0 Å². The maximum atomic E-state index is 10.5. The van der Waals surface area contributed by atoms with E-state index < -0.39 is 0 Å². The lowest BCUT2D eigenvalue weighted by Crippen LogP contribution is -1.90. The van der Waals surface area contributed by atoms with E-state index in [4.69, 9.17) is 0 Å². The van der Waals surface area contributed by atoms with Crippen LogP contribution in [0.3, 0.4) is 0 Å². The highest BCUT2D eigenvalue weighted by molar-refractivity contribution is 6.15. The van der Waals surface area contributed by atoms with E-state index in [-0.39, 0.29) is 0 Å². The number of phenolic OH excluding ortho intramolecular Hbond substituents is 2. The Morgan fingerprint density at radius 2 is 0.405 bits per heavy atom. The molecule has 0 fully saturated rings. The Morgan fingerprint density at radius 3 is 0.667 bits per heavy atom. The molecular formula is C40H26O2. The van der Waals surface area contributed by atoms with Crippen molar-refractivity contribution in [2.75, 3.05) is 0 Å². The molecule has 2 nitrogen and oxygen atoms in total. The van der Waals surface area contributed by atoms with Crippen LogP contribution in [0.15, 0.2) is 146 Å². The van der Waals surface area contributed by atoms with Crippen molar-refractivity contribution in [3.8, 4) is 44.9 Å². The van der Waals surface area contributed by atoms with E-state index in [1.165, 1.54) is 32.7 Å². The summed E-state index contributed by atoms with van der Waals surface area (Å²) in [4.78, 5) is 0. The van der Waals surface area contributed by atoms with Crippen LogP contribution in [-0.4, -0.2) is 10.2 Å². The molecular weight excluding hydrogens is 512 g/mol. The molecule has 0 unspecified atom stereocenters. The quantitative estimate of drug-likeness (QED) is 0.235. The molecule has 0 bridgehead atoms. The van der Waals surface area contributed by atoms with Crippen molar-refractivity contribution >= 4 is 43.1 Å². The summed E-state index contributed by atoms with van der Waals surface area (Å²) < 4.78 is 0. The molecule has 0 aliphatic heterocycles. The first-order chi connectivity index (χ1) is 20.7. The topological polar surface area (TPSA) is 40.5 Å². The van der Waals surface area contributed by atoms with Crippen LogP contribution < -0.4 is 0 Å². The number of phenols is 2. The second-order valence-electron chi connectivity index (χ2n) is 10.8. The Morgan fingerprint density at radius 1 is 0.214 bits per heavy atom. The van der Waals surface area contributed by atoms with Gasteiger partial charge in [0.25, 0.3) is 0 Å². The highest BCUT2D eigenvalue weighted by Gasteiger charge is 2.16. The normalized spacial score (nSPS) is 11.5. The lowest BCUT2D eigenvalue weighted by atomic mass is 9.86. The van der Waals surface area contributed by atoms with Crippen LogP contribution >= 0.6 is 0 Å². The van der Waals surface area contributed by atoms with Gasteiger partial charge in [-0.15, -0.1) is 0 Å². The van der Waals surface area contributed by atoms with Gasteiger partial charge in [-0.1, -0.05) is 133 Å². The highest BCUT2D eigenvalue weighted by Crippen LogP contribution is 2.44. The number of hydrogen-bond acceptors (Lipinski definition) is 2. The number of aromatic hydroxyl groups is 2. The van der Waals surface area contributed by atoms with Crippen LogP contribution in [0.1, 0.15) is 0 Å². The maximum Gasteiger partial charge on any atom is 0.123 e. The SMILES string of the molecule is Oc1ccc(-c2ccc(-c3ccc(-c4ccc(O)c5ccccc45)c4ccccc34)c3ccccc23)c2ccccc12. The lowest BCUT2D eigenvalue weighted by Gasteiger charge is -2.17. The lowest BCUT2D eigenvalue weighted by molar-refractivity contribution is 0.481. The second-order valence-corrected chi connectivity index (χ2v) is 10.8. The van der Waals surface area contributed by atoms with Gasteiger partial charge < -0.3 is 10.2 Å². The molecule has 8 aromatic carbocycles. The first-order valence-corrected chi connectivity index (χ1v) is 14.1. The third-order valence-corrected chi connectivity index (χ3v) is 8.52. The summed E-state index contributed by atoms with van der Waals surface area (Å²) in [6.07, 6.45) is 0. The molecule has 42 heavy (non-hydrogen) atoms. The predicted octanol–water partition coefficient (Wildman–Crippen LogP) is 10.7. The fraction of sp³-hybridized carbons (Fsp3) is 0. The summed E-state index contributed by atoms with van der Waals surface area (Å²) in [5, 5.41) is 29.5. The zero-order chi connectivity index (χ0) is 28.2. The Hall–Kier alpha value is -5.60. The highest BCUT2D eigenvalue weighted by atomic mass is 16.3. The molecule has 0 saturated heterocycles. The van der Waals surface area contributed by atoms with Crippen molar-refractivity contribution < 1.29 is 10.2 Å². The molecule has 0 aliphatic rings. The summed E-state index contributed by atoms with van der Waals surface area (Å²) in [5.74, 6) is 0.589. The molecule has 0 saturated carbocycles. The standard InChI is InChI=1S/C40H26O2/c41-39-23-21-35(29-13-5-7-15-37(29)39)33-19-17-31(25-9-1-3-11-27(25)33)32-18-20-34(28-12-4-2-10-26(28)32)36-22-24-40(42)38-16-8-6-14-30(36)38/h1-24,41-42H. The Bertz CT molecular complexity index is 2160. The molecule has 0 atom stereocenters. The third kappa shape index (κ3) is 3.66. The minimum atomic E-state index is 0.295. The van der Waals surface area contributed by atoms with Crippen LogP contribution in [-0.2, 0) is 0 Å². The third-order valence-electron chi connectivity index (χ3n) is 8.52. The largest absolute Gasteiger partial charge is 0.507 e. The van der Waals surface area contributed by atoms with Gasteiger partial charge in [-0.3, -0.25) is 0 Å². The Kier molecular flexibility index (Phi) is 5.48. The van der Waals surface area contributed by atoms with Gasteiger partial charge in [0.2, 0.25) is 0 Å². The number of benzene rings is 8. The maximum absolute atomic E-state index is 10.5. The van der Waals surface area contributed by atoms with Gasteiger partial charge >= 0.3 is 0 Å². The zero-order valence-electron chi connectivity index (χ0n) is 22.8. The minimum Gasteiger partial charge on any atom is -0.507 e. The van der Waals surface area contributed by atoms with Gasteiger partial charge in [0.15, 0.2) is 0 Å². The van der Waals surface area contributed by atoms with Crippen molar-refractivity contribution in [2.45, 2.75) is 0 Å². The average Bonchev–Trinajstić information content (AvgIpc) is 3.05. The van der Waals surface area contributed by atoms with E-state index in [0.717, 1.165) is 43.8 Å². The molecule has 0 radical (unpaired) electrons. The predicted molar refractivity (Wildman–Crippen MR) is 176 cm³/mol. The van der Waals surface area contributed by atoms with Crippen molar-refractivity contribution in [3.05, 3.63) is 146 Å². The Balaban J connectivity index is 1.37. The average molecular weight is 539 g/mol. The van der Waals surface area contributed by atoms with Gasteiger partial charge in [-0.25, -0.2) is 0 Å². The molecule has 0 aromatic heterocycles. The van der Waals surface area contributed by atoms with E-state index >= 15 is 0 Å². The van der Waals surface area contributed by atoms with Crippen LogP contribution in [0.25, 0.3) is 76.5 Å². The van der Waals surface area contributed by atoms with Crippen molar-refractivity contribution in [1.82, 2.24) is 0 Å². The molecule has 2 N–H and O–H groups in total. The van der Waals surface area contributed by atoms with Gasteiger partial charge in [-0.05, 0) is 77.8 Å². The van der Waals surface area contributed by atoms with Crippen LogP contribution in [0, 0.1) is 0 Å². The van der Waals surface area contributed by atoms with Crippen molar-refractivity contribution in [3.63, 3.8) is 0 Å². The summed E-state index contributed by atoms with van der Waals surface area (Å²) in [6.45, 7) is 0. The summed E-state index contributed by atoms with van der Waals surface area (Å²) in [6, 6.07) is 49.7. The molecule has 2 heteroatoms. The number of hydrogen-bond donors (Lipinski definition) is 2. The number of fused-ring (bicyclic) bond motifs is 4. The smallest absolute Gasteiger partial charge is 0.123 e. The molecule has 8 rings (SSSR count). The van der Waals surface area contributed by atoms with E-state index in [1.807, 2.05) is 48.5 Å². The van der Waals surface area contributed by atoms with E-state index in [0.29, 0.717) is 11.5 Å². The number of rotatable bonds is 3. The van der Waals surface area contributed by atoms with Gasteiger partial charge in [-0.2, -0.15) is 0 Å². The van der Waals surface area contributed by atoms with Crippen LogP contribution in [0.2, 0.25) is 0 Å². The summed E-state index contributed by atoms with van der Waals surface area (Å²) in [5.41, 5.74) is 6.84. The molecule has 198 valence electrons. The molecule has 0 amide bonds. The molecule has 8 aromatic rings. The fourth-order valence-corrected chi connectivity index (χ4v) is 6.57. The van der Waals surface area contributed by atoms with E-state index in [2.05, 4.69) is 84.9 Å². The molecule has 0 aliphatic carbocycles. The van der Waals surface area contributed by atoms with Crippen LogP contribution in [0.5, 0.6) is 11.5 Å². The monoisotopic (exact) mass is 538 g/mol. The summed E-state index contributed by atoms with van der Waals surface area (Å²) in [7, 11) is 0. The molecule has 0 heterocycles. The first kappa shape index (κ1) is 24.2. The van der Waals surface area contributed by atoms with Gasteiger partial charge in [0, 0.05) is 10.8 Å². The van der Waals surface area contributed by atoms with Gasteiger partial charge in [0.1, 0.15) is 11.5 Å². The minimum absolute atomic E-state index is 0.295. The zero-order valence-corrected chi connectivity index (χ0v) is 22.8. The first-order valence-electron chi connectivity index (χ1n) is 14.1. The van der Waals surface area contributed by atoms with Crippen molar-refractivity contribution in [1.29, 1.82) is 0 Å². The fourth-order valence-electron chi connectivity index (χ4n) is 6.57. The van der Waals surface area contributed by atoms with Crippen molar-refractivity contribution in [2.24, 2.45) is 0 Å².